The van der Waals surface area contributed by atoms with E-state index in [0.29, 0.717) is 30.9 Å². The average Bonchev–Trinajstić information content (AvgIpc) is 2.27. The van der Waals surface area contributed by atoms with E-state index in [0.717, 1.165) is 0 Å². The fraction of sp³-hybridized carbons (Fsp3) is 0.538. The molecule has 5 heteroatoms. The van der Waals surface area contributed by atoms with Gasteiger partial charge in [-0.1, -0.05) is 0 Å². The summed E-state index contributed by atoms with van der Waals surface area (Å²) in [5.41, 5.74) is 6.20. The number of hydrogen-bond acceptors (Lipinski definition) is 4. The lowest BCUT2D eigenvalue weighted by atomic mass is 9.95. The first-order chi connectivity index (χ1) is 8.42. The van der Waals surface area contributed by atoms with Crippen molar-refractivity contribution in [3.63, 3.8) is 0 Å². The van der Waals surface area contributed by atoms with E-state index in [1.54, 1.807) is 6.07 Å². The van der Waals surface area contributed by atoms with Gasteiger partial charge in [0.05, 0.1) is 7.11 Å². The van der Waals surface area contributed by atoms with Crippen LogP contribution in [-0.2, 0) is 6.42 Å². The Bertz CT molecular complexity index is 455. The number of ether oxygens (including phenoxy) is 3. The maximum Gasteiger partial charge on any atom is 0.210 e. The Balaban J connectivity index is 2.48. The molecule has 1 aliphatic heterocycles. The third-order valence-corrected chi connectivity index (χ3v) is 2.66. The minimum Gasteiger partial charge on any atom is -0.493 e. The summed E-state index contributed by atoms with van der Waals surface area (Å²) in [6, 6.07) is 1.74. The van der Waals surface area contributed by atoms with Gasteiger partial charge in [-0.3, -0.25) is 0 Å². The Hall–Kier alpha value is -1.49. The van der Waals surface area contributed by atoms with Crippen molar-refractivity contribution >= 4 is 0 Å². The van der Waals surface area contributed by atoms with E-state index >= 15 is 0 Å². The predicted octanol–water partition coefficient (Wildman–Crippen LogP) is 1.89. The van der Waals surface area contributed by atoms with Crippen LogP contribution in [0.15, 0.2) is 6.07 Å². The lowest BCUT2D eigenvalue weighted by molar-refractivity contribution is 0.162. The van der Waals surface area contributed by atoms with Crippen molar-refractivity contribution in [3.05, 3.63) is 17.4 Å². The van der Waals surface area contributed by atoms with Crippen LogP contribution in [0.1, 0.15) is 19.4 Å². The predicted molar refractivity (Wildman–Crippen MR) is 65.9 cm³/mol. The van der Waals surface area contributed by atoms with Crippen molar-refractivity contribution in [2.45, 2.75) is 25.8 Å². The second kappa shape index (κ2) is 4.65. The molecule has 0 fully saturated rings. The number of methoxy groups -OCH3 is 1. The summed E-state index contributed by atoms with van der Waals surface area (Å²) in [6.45, 7) is 4.52. The van der Waals surface area contributed by atoms with Gasteiger partial charge >= 0.3 is 0 Å². The summed E-state index contributed by atoms with van der Waals surface area (Å²) in [5, 5.41) is 0. The number of fused-ring (bicyclic) bond motifs is 1. The van der Waals surface area contributed by atoms with Gasteiger partial charge in [0.25, 0.3) is 0 Å². The Morgan fingerprint density at radius 2 is 2.06 bits per heavy atom. The van der Waals surface area contributed by atoms with E-state index in [-0.39, 0.29) is 11.5 Å². The van der Waals surface area contributed by atoms with Crippen molar-refractivity contribution in [1.82, 2.24) is 0 Å². The average molecular weight is 255 g/mol. The highest BCUT2D eigenvalue weighted by molar-refractivity contribution is 5.53. The highest BCUT2D eigenvalue weighted by Crippen LogP contribution is 2.41. The van der Waals surface area contributed by atoms with E-state index in [1.807, 2.05) is 13.8 Å². The molecule has 4 nitrogen and oxygen atoms in total. The molecule has 0 aliphatic carbocycles. The van der Waals surface area contributed by atoms with Crippen LogP contribution in [0, 0.1) is 5.82 Å². The number of halogens is 1. The van der Waals surface area contributed by atoms with Crippen molar-refractivity contribution < 1.29 is 18.6 Å². The Labute approximate surface area is 106 Å². The Kier molecular flexibility index (Phi) is 3.34. The van der Waals surface area contributed by atoms with Crippen LogP contribution in [0.4, 0.5) is 4.39 Å². The first-order valence-corrected chi connectivity index (χ1v) is 5.86. The quantitative estimate of drug-likeness (QED) is 0.896. The smallest absolute Gasteiger partial charge is 0.210 e. The van der Waals surface area contributed by atoms with E-state index < -0.39 is 11.4 Å². The third kappa shape index (κ3) is 2.51. The molecule has 2 N–H and O–H groups in total. The molecule has 0 radical (unpaired) electrons. The van der Waals surface area contributed by atoms with Gasteiger partial charge in [-0.2, -0.15) is 4.39 Å². The van der Waals surface area contributed by atoms with Gasteiger partial charge in [0, 0.05) is 11.1 Å². The lowest BCUT2D eigenvalue weighted by Gasteiger charge is -2.24. The van der Waals surface area contributed by atoms with E-state index in [9.17, 15) is 4.39 Å². The number of hydrogen-bond donors (Lipinski definition) is 1. The van der Waals surface area contributed by atoms with E-state index in [1.165, 1.54) is 7.11 Å². The van der Waals surface area contributed by atoms with Crippen molar-refractivity contribution in [1.29, 1.82) is 0 Å². The van der Waals surface area contributed by atoms with Gasteiger partial charge < -0.3 is 19.9 Å². The molecule has 0 saturated carbocycles. The molecule has 1 aromatic rings. The molecular weight excluding hydrogens is 237 g/mol. The van der Waals surface area contributed by atoms with Gasteiger partial charge in [0.15, 0.2) is 11.5 Å². The third-order valence-electron chi connectivity index (χ3n) is 2.66. The van der Waals surface area contributed by atoms with Crippen LogP contribution in [0.5, 0.6) is 17.2 Å². The molecule has 1 aliphatic rings. The van der Waals surface area contributed by atoms with E-state index in [2.05, 4.69) is 0 Å². The molecule has 2 rings (SSSR count). The minimum absolute atomic E-state index is 0.122. The largest absolute Gasteiger partial charge is 0.493 e. The van der Waals surface area contributed by atoms with Gasteiger partial charge in [-0.05, 0) is 26.3 Å². The minimum atomic E-state index is -0.519. The highest BCUT2D eigenvalue weighted by Gasteiger charge is 2.26. The van der Waals surface area contributed by atoms with Crippen molar-refractivity contribution in [3.8, 4) is 17.2 Å². The monoisotopic (exact) mass is 255 g/mol. The van der Waals surface area contributed by atoms with Crippen LogP contribution < -0.4 is 19.9 Å². The molecule has 0 saturated heterocycles. The number of nitrogens with two attached hydrogens (primary N) is 1. The summed E-state index contributed by atoms with van der Waals surface area (Å²) in [5.74, 6) is 0.196. The van der Waals surface area contributed by atoms with Crippen LogP contribution in [0.3, 0.4) is 0 Å². The number of rotatable bonds is 3. The second-order valence-electron chi connectivity index (χ2n) is 5.07. The normalized spacial score (nSPS) is 14.5. The molecule has 1 aromatic carbocycles. The van der Waals surface area contributed by atoms with Gasteiger partial charge in [-0.25, -0.2) is 0 Å². The summed E-state index contributed by atoms with van der Waals surface area (Å²) in [7, 11) is 1.43. The molecule has 0 unspecified atom stereocenters. The molecule has 0 spiro atoms. The molecule has 0 atom stereocenters. The maximum atomic E-state index is 14.2. The topological polar surface area (TPSA) is 53.7 Å². The zero-order chi connectivity index (χ0) is 13.3. The van der Waals surface area contributed by atoms with Crippen LogP contribution in [0.25, 0.3) is 0 Å². The Morgan fingerprint density at radius 3 is 2.67 bits per heavy atom. The van der Waals surface area contributed by atoms with Crippen LogP contribution >= 0.6 is 0 Å². The first kappa shape index (κ1) is 13.0. The van der Waals surface area contributed by atoms with Gasteiger partial charge in [0.1, 0.15) is 13.2 Å². The van der Waals surface area contributed by atoms with E-state index in [4.69, 9.17) is 19.9 Å². The van der Waals surface area contributed by atoms with Gasteiger partial charge in [0.2, 0.25) is 11.6 Å². The first-order valence-electron chi connectivity index (χ1n) is 5.86. The fourth-order valence-electron chi connectivity index (χ4n) is 2.02. The second-order valence-corrected chi connectivity index (χ2v) is 5.07. The summed E-state index contributed by atoms with van der Waals surface area (Å²) in [4.78, 5) is 0. The summed E-state index contributed by atoms with van der Waals surface area (Å²) in [6.07, 6.45) is 0.490. The molecule has 0 bridgehead atoms. The van der Waals surface area contributed by atoms with Gasteiger partial charge in [-0.15, -0.1) is 0 Å². The summed E-state index contributed by atoms with van der Waals surface area (Å²) < 4.78 is 30.0. The van der Waals surface area contributed by atoms with Crippen molar-refractivity contribution in [2.24, 2.45) is 5.73 Å². The zero-order valence-corrected chi connectivity index (χ0v) is 10.9. The fourth-order valence-corrected chi connectivity index (χ4v) is 2.02. The molecule has 100 valence electrons. The SMILES string of the molecule is COc1c(CC(C)(C)N)cc2c(c1F)OCCO2. The maximum absolute atomic E-state index is 14.2. The molecule has 1 heterocycles. The summed E-state index contributed by atoms with van der Waals surface area (Å²) >= 11 is 0. The standard InChI is InChI=1S/C13H18FNO3/c1-13(2,15)7-8-6-9-12(18-5-4-17-9)10(14)11(8)16-3/h6H,4-5,7,15H2,1-3H3. The lowest BCUT2D eigenvalue weighted by Crippen LogP contribution is -2.34. The van der Waals surface area contributed by atoms with Crippen LogP contribution in [0.2, 0.25) is 0 Å². The molecule has 0 amide bonds. The van der Waals surface area contributed by atoms with Crippen molar-refractivity contribution in [2.75, 3.05) is 20.3 Å². The molecule has 18 heavy (non-hydrogen) atoms. The molecule has 0 aromatic heterocycles. The van der Waals surface area contributed by atoms with Crippen LogP contribution in [-0.4, -0.2) is 25.9 Å². The molecular formula is C13H18FNO3. The Morgan fingerprint density at radius 1 is 1.39 bits per heavy atom. The number of benzene rings is 1. The highest BCUT2D eigenvalue weighted by atomic mass is 19.1. The zero-order valence-electron chi connectivity index (χ0n) is 10.9.